The van der Waals surface area contributed by atoms with Crippen LogP contribution in [0.25, 0.3) is 0 Å². The van der Waals surface area contributed by atoms with Crippen LogP contribution in [0.15, 0.2) is 12.4 Å². The topological polar surface area (TPSA) is 84.1 Å². The molecule has 1 aliphatic heterocycles. The van der Waals surface area contributed by atoms with E-state index in [2.05, 4.69) is 27.2 Å². The van der Waals surface area contributed by atoms with Crippen molar-refractivity contribution in [3.05, 3.63) is 18.1 Å². The highest BCUT2D eigenvalue weighted by Gasteiger charge is 2.20. The van der Waals surface area contributed by atoms with Crippen LogP contribution < -0.4 is 16.2 Å². The molecule has 1 saturated heterocycles. The fraction of sp³-hybridized carbons (Fsp3) is 0.545. The highest BCUT2D eigenvalue weighted by atomic mass is 16.2. The molecule has 0 saturated carbocycles. The Bertz CT molecular complexity index is 409. The molecule has 0 radical (unpaired) electrons. The van der Waals surface area contributed by atoms with E-state index in [-0.39, 0.29) is 5.69 Å². The molecule has 6 heteroatoms. The fourth-order valence-electron chi connectivity index (χ4n) is 2.12. The molecule has 2 rings (SSSR count). The van der Waals surface area contributed by atoms with E-state index in [0.717, 1.165) is 25.2 Å². The van der Waals surface area contributed by atoms with Crippen molar-refractivity contribution in [2.45, 2.75) is 32.2 Å². The van der Waals surface area contributed by atoms with E-state index in [1.165, 1.54) is 12.6 Å². The molecule has 2 heterocycles. The molecule has 1 unspecified atom stereocenters. The van der Waals surface area contributed by atoms with E-state index in [4.69, 9.17) is 5.84 Å². The fourth-order valence-corrected chi connectivity index (χ4v) is 2.12. The number of carbonyl (C=O) groups is 1. The van der Waals surface area contributed by atoms with Crippen LogP contribution in [0.3, 0.4) is 0 Å². The number of aromatic nitrogens is 2. The first-order chi connectivity index (χ1) is 8.22. The van der Waals surface area contributed by atoms with Crippen molar-refractivity contribution in [1.29, 1.82) is 0 Å². The Balaban J connectivity index is 2.23. The van der Waals surface area contributed by atoms with Crippen molar-refractivity contribution in [2.24, 2.45) is 5.84 Å². The number of amides is 1. The maximum absolute atomic E-state index is 11.4. The largest absolute Gasteiger partial charge is 0.353 e. The number of anilines is 1. The molecule has 1 aromatic heterocycles. The maximum Gasteiger partial charge on any atom is 0.285 e. The highest BCUT2D eigenvalue weighted by Crippen LogP contribution is 2.22. The molecule has 1 fully saturated rings. The number of nitrogen functional groups attached to an aromatic ring is 1. The first-order valence-corrected chi connectivity index (χ1v) is 5.82. The van der Waals surface area contributed by atoms with Crippen molar-refractivity contribution in [1.82, 2.24) is 15.4 Å². The van der Waals surface area contributed by atoms with Crippen LogP contribution in [0.2, 0.25) is 0 Å². The number of nitrogens with one attached hydrogen (secondary N) is 1. The molecule has 3 N–H and O–H groups in total. The zero-order valence-corrected chi connectivity index (χ0v) is 9.89. The summed E-state index contributed by atoms with van der Waals surface area (Å²) in [6.07, 6.45) is 6.65. The Kier molecular flexibility index (Phi) is 3.53. The molecule has 1 atom stereocenters. The molecule has 0 aliphatic carbocycles. The number of hydrogen-bond donors (Lipinski definition) is 2. The molecule has 0 bridgehead atoms. The van der Waals surface area contributed by atoms with Gasteiger partial charge in [0.05, 0.1) is 12.4 Å². The summed E-state index contributed by atoms with van der Waals surface area (Å²) in [5.41, 5.74) is 2.32. The minimum Gasteiger partial charge on any atom is -0.353 e. The number of hydrogen-bond acceptors (Lipinski definition) is 5. The maximum atomic E-state index is 11.4. The third kappa shape index (κ3) is 2.52. The molecule has 0 aromatic carbocycles. The third-order valence-corrected chi connectivity index (χ3v) is 3.08. The number of rotatable bonds is 2. The van der Waals surface area contributed by atoms with Gasteiger partial charge in [0.25, 0.3) is 5.91 Å². The number of carbonyl (C=O) groups excluding carboxylic acids is 1. The average Bonchev–Trinajstić information content (AvgIpc) is 2.38. The molecular formula is C11H17N5O. The summed E-state index contributed by atoms with van der Waals surface area (Å²) in [7, 11) is 0. The van der Waals surface area contributed by atoms with E-state index in [1.54, 1.807) is 6.20 Å². The molecule has 0 spiro atoms. The van der Waals surface area contributed by atoms with Gasteiger partial charge in [-0.2, -0.15) is 0 Å². The lowest BCUT2D eigenvalue weighted by Gasteiger charge is -2.34. The summed E-state index contributed by atoms with van der Waals surface area (Å²) in [6, 6.07) is 0.439. The number of hydrazine groups is 1. The summed E-state index contributed by atoms with van der Waals surface area (Å²) in [5.74, 6) is 5.41. The second-order valence-corrected chi connectivity index (χ2v) is 4.27. The van der Waals surface area contributed by atoms with Gasteiger partial charge in [0.1, 0.15) is 11.5 Å². The zero-order chi connectivity index (χ0) is 12.3. The van der Waals surface area contributed by atoms with Crippen LogP contribution in [0, 0.1) is 0 Å². The Hall–Kier alpha value is -1.69. The molecular weight excluding hydrogens is 218 g/mol. The molecule has 1 amide bonds. The van der Waals surface area contributed by atoms with Crippen LogP contribution in [-0.4, -0.2) is 28.5 Å². The number of nitrogens with zero attached hydrogens (tertiary/aromatic N) is 3. The van der Waals surface area contributed by atoms with Gasteiger partial charge in [0, 0.05) is 12.6 Å². The van der Waals surface area contributed by atoms with Crippen LogP contribution in [0.1, 0.15) is 36.7 Å². The number of nitrogens with two attached hydrogens (primary N) is 1. The monoisotopic (exact) mass is 235 g/mol. The van der Waals surface area contributed by atoms with Crippen molar-refractivity contribution in [2.75, 3.05) is 11.4 Å². The summed E-state index contributed by atoms with van der Waals surface area (Å²) in [4.78, 5) is 21.9. The van der Waals surface area contributed by atoms with Gasteiger partial charge in [-0.1, -0.05) is 0 Å². The predicted octanol–water partition coefficient (Wildman–Crippen LogP) is 0.459. The Morgan fingerprint density at radius 3 is 3.06 bits per heavy atom. The molecule has 6 nitrogen and oxygen atoms in total. The normalized spacial score (nSPS) is 20.1. The van der Waals surface area contributed by atoms with Gasteiger partial charge in [0.15, 0.2) is 0 Å². The summed E-state index contributed by atoms with van der Waals surface area (Å²) in [6.45, 7) is 3.13. The minimum absolute atomic E-state index is 0.253. The summed E-state index contributed by atoms with van der Waals surface area (Å²) in [5, 5.41) is 0. The lowest BCUT2D eigenvalue weighted by atomic mass is 10.0. The summed E-state index contributed by atoms with van der Waals surface area (Å²) < 4.78 is 0. The van der Waals surface area contributed by atoms with Gasteiger partial charge in [-0.15, -0.1) is 0 Å². The van der Waals surface area contributed by atoms with Gasteiger partial charge in [0.2, 0.25) is 0 Å². The second kappa shape index (κ2) is 5.09. The summed E-state index contributed by atoms with van der Waals surface area (Å²) >= 11 is 0. The Morgan fingerprint density at radius 1 is 1.53 bits per heavy atom. The second-order valence-electron chi connectivity index (χ2n) is 4.27. The van der Waals surface area contributed by atoms with Gasteiger partial charge >= 0.3 is 0 Å². The van der Waals surface area contributed by atoms with E-state index in [1.807, 2.05) is 0 Å². The van der Waals surface area contributed by atoms with Gasteiger partial charge in [-0.25, -0.2) is 10.8 Å². The quantitative estimate of drug-likeness (QED) is 0.442. The van der Waals surface area contributed by atoms with Gasteiger partial charge in [-0.3, -0.25) is 15.2 Å². The molecule has 17 heavy (non-hydrogen) atoms. The smallest absolute Gasteiger partial charge is 0.285 e. The standard InChI is InChI=1S/C11H17N5O/c1-8-4-2-3-5-16(8)10-7-13-6-9(14-10)11(17)15-12/h6-8H,2-5,12H2,1H3,(H,15,17). The van der Waals surface area contributed by atoms with E-state index < -0.39 is 5.91 Å². The highest BCUT2D eigenvalue weighted by molar-refractivity contribution is 5.91. The van der Waals surface area contributed by atoms with E-state index in [0.29, 0.717) is 6.04 Å². The predicted molar refractivity (Wildman–Crippen MR) is 64.3 cm³/mol. The molecule has 1 aromatic rings. The lowest BCUT2D eigenvalue weighted by molar-refractivity contribution is 0.0948. The van der Waals surface area contributed by atoms with Gasteiger partial charge in [-0.05, 0) is 26.2 Å². The van der Waals surface area contributed by atoms with Crippen molar-refractivity contribution in [3.8, 4) is 0 Å². The van der Waals surface area contributed by atoms with Crippen LogP contribution in [0.4, 0.5) is 5.82 Å². The van der Waals surface area contributed by atoms with Gasteiger partial charge < -0.3 is 4.90 Å². The van der Waals surface area contributed by atoms with Crippen molar-refractivity contribution in [3.63, 3.8) is 0 Å². The molecule has 92 valence electrons. The SMILES string of the molecule is CC1CCCCN1c1cncc(C(=O)NN)n1. The lowest BCUT2D eigenvalue weighted by Crippen LogP contribution is -2.38. The third-order valence-electron chi connectivity index (χ3n) is 3.08. The minimum atomic E-state index is -0.413. The first kappa shape index (κ1) is 11.8. The average molecular weight is 235 g/mol. The van der Waals surface area contributed by atoms with Crippen LogP contribution in [0.5, 0.6) is 0 Å². The first-order valence-electron chi connectivity index (χ1n) is 5.82. The molecule has 1 aliphatic rings. The van der Waals surface area contributed by atoms with Crippen LogP contribution in [-0.2, 0) is 0 Å². The van der Waals surface area contributed by atoms with Crippen molar-refractivity contribution >= 4 is 11.7 Å². The zero-order valence-electron chi connectivity index (χ0n) is 9.89. The Morgan fingerprint density at radius 2 is 2.35 bits per heavy atom. The van der Waals surface area contributed by atoms with E-state index in [9.17, 15) is 4.79 Å². The Labute approximate surface area is 100 Å². The van der Waals surface area contributed by atoms with Crippen LogP contribution >= 0.6 is 0 Å². The van der Waals surface area contributed by atoms with Crippen molar-refractivity contribution < 1.29 is 4.79 Å². The van der Waals surface area contributed by atoms with E-state index >= 15 is 0 Å². The number of piperidine rings is 1.